The molecule has 0 fully saturated rings. The monoisotopic (exact) mass is 650 g/mol. The fourth-order valence-corrected chi connectivity index (χ4v) is 6.07. The SMILES string of the molecule is CC.CCOC(=O)c1c(-c2cccc(Cl)c2)c(CNCc2cc(OC)c(OC)c(OC)c2)n2c1-c1cc(OC)c(OC)cc1CC2. The van der Waals surface area contributed by atoms with Crippen molar-refractivity contribution in [3.05, 3.63) is 75.9 Å². The highest BCUT2D eigenvalue weighted by Gasteiger charge is 2.33. The molecule has 46 heavy (non-hydrogen) atoms. The van der Waals surface area contributed by atoms with Gasteiger partial charge in [-0.15, -0.1) is 0 Å². The Morgan fingerprint density at radius 1 is 0.848 bits per heavy atom. The Balaban J connectivity index is 0.00000235. The van der Waals surface area contributed by atoms with E-state index in [-0.39, 0.29) is 6.61 Å². The van der Waals surface area contributed by atoms with Crippen molar-refractivity contribution in [3.8, 4) is 51.1 Å². The molecule has 10 heteroatoms. The second kappa shape index (κ2) is 15.8. The number of methoxy groups -OCH3 is 5. The molecule has 9 nitrogen and oxygen atoms in total. The van der Waals surface area contributed by atoms with Crippen molar-refractivity contribution < 1.29 is 33.2 Å². The third-order valence-corrected chi connectivity index (χ3v) is 8.01. The molecule has 0 atom stereocenters. The van der Waals surface area contributed by atoms with E-state index < -0.39 is 5.97 Å². The number of aryl methyl sites for hydroxylation is 1. The minimum absolute atomic E-state index is 0.242. The number of carbonyl (C=O) groups excluding carboxylic acids is 1. The largest absolute Gasteiger partial charge is 0.493 e. The molecule has 0 saturated heterocycles. The highest BCUT2D eigenvalue weighted by atomic mass is 35.5. The minimum Gasteiger partial charge on any atom is -0.493 e. The normalized spacial score (nSPS) is 11.4. The lowest BCUT2D eigenvalue weighted by Crippen LogP contribution is -2.20. The lowest BCUT2D eigenvalue weighted by Gasteiger charge is -2.24. The summed E-state index contributed by atoms with van der Waals surface area (Å²) in [5, 5.41) is 4.15. The number of aromatic nitrogens is 1. The van der Waals surface area contributed by atoms with Gasteiger partial charge in [-0.25, -0.2) is 4.79 Å². The molecule has 246 valence electrons. The van der Waals surface area contributed by atoms with E-state index in [2.05, 4.69) is 9.88 Å². The quantitative estimate of drug-likeness (QED) is 0.157. The topological polar surface area (TPSA) is 89.4 Å². The molecule has 0 unspecified atom stereocenters. The number of ether oxygens (including phenoxy) is 6. The predicted octanol–water partition coefficient (Wildman–Crippen LogP) is 7.57. The van der Waals surface area contributed by atoms with Crippen molar-refractivity contribution in [2.45, 2.75) is 46.8 Å². The van der Waals surface area contributed by atoms with E-state index in [1.54, 1.807) is 42.5 Å². The Hall–Kier alpha value is -4.34. The molecule has 1 aromatic heterocycles. The zero-order chi connectivity index (χ0) is 33.4. The zero-order valence-corrected chi connectivity index (χ0v) is 28.6. The maximum Gasteiger partial charge on any atom is 0.340 e. The average molecular weight is 651 g/mol. The van der Waals surface area contributed by atoms with Crippen LogP contribution in [0.1, 0.15) is 48.0 Å². The van der Waals surface area contributed by atoms with E-state index in [1.807, 2.05) is 62.4 Å². The van der Waals surface area contributed by atoms with Crippen LogP contribution in [0, 0.1) is 0 Å². The van der Waals surface area contributed by atoms with E-state index in [0.29, 0.717) is 59.0 Å². The van der Waals surface area contributed by atoms with E-state index >= 15 is 0 Å². The van der Waals surface area contributed by atoms with Gasteiger partial charge in [-0.05, 0) is 66.4 Å². The number of halogens is 1. The number of benzene rings is 3. The Morgan fingerprint density at radius 3 is 2.09 bits per heavy atom. The molecule has 1 aliphatic rings. The number of hydrogen-bond acceptors (Lipinski definition) is 8. The van der Waals surface area contributed by atoms with Gasteiger partial charge in [0.2, 0.25) is 5.75 Å². The van der Waals surface area contributed by atoms with E-state index in [9.17, 15) is 4.79 Å². The van der Waals surface area contributed by atoms with Crippen LogP contribution in [0.5, 0.6) is 28.7 Å². The number of nitrogens with one attached hydrogen (secondary N) is 1. The highest BCUT2D eigenvalue weighted by molar-refractivity contribution is 6.31. The molecule has 3 aromatic carbocycles. The maximum atomic E-state index is 13.8. The first-order valence-electron chi connectivity index (χ1n) is 15.3. The molecule has 1 N–H and O–H groups in total. The van der Waals surface area contributed by atoms with Gasteiger partial charge in [0.15, 0.2) is 23.0 Å². The van der Waals surface area contributed by atoms with Gasteiger partial charge in [0.05, 0.1) is 53.4 Å². The summed E-state index contributed by atoms with van der Waals surface area (Å²) in [5.74, 6) is 2.52. The van der Waals surface area contributed by atoms with Gasteiger partial charge in [0.1, 0.15) is 0 Å². The molecule has 0 spiro atoms. The number of fused-ring (bicyclic) bond motifs is 3. The van der Waals surface area contributed by atoms with Crippen molar-refractivity contribution in [3.63, 3.8) is 0 Å². The Morgan fingerprint density at radius 2 is 1.50 bits per heavy atom. The molecule has 0 aliphatic carbocycles. The molecule has 0 amide bonds. The first-order chi connectivity index (χ1) is 22.4. The summed E-state index contributed by atoms with van der Waals surface area (Å²) in [6.45, 7) is 7.66. The standard InChI is InChI=1S/C34H37ClN2O7.C2H6/c1-7-44-34(38)31-30(22-9-8-10-23(35)15-22)25(19-36-18-20-13-28(41-4)33(43-6)29(14-20)42-5)37-12-11-21-16-26(39-2)27(40-3)17-24(21)32(31)37;1-2/h8-10,13-17,36H,7,11-12,18-19H2,1-6H3;1-2H3. The highest BCUT2D eigenvalue weighted by Crippen LogP contribution is 2.46. The van der Waals surface area contributed by atoms with Crippen molar-refractivity contribution in [1.29, 1.82) is 0 Å². The molecular weight excluding hydrogens is 608 g/mol. The van der Waals surface area contributed by atoms with Gasteiger partial charge < -0.3 is 38.3 Å². The van der Waals surface area contributed by atoms with Crippen molar-refractivity contribution in [1.82, 2.24) is 9.88 Å². The smallest absolute Gasteiger partial charge is 0.340 e. The fourth-order valence-electron chi connectivity index (χ4n) is 5.88. The molecule has 4 aromatic rings. The van der Waals surface area contributed by atoms with Crippen molar-refractivity contribution in [2.75, 3.05) is 42.2 Å². The van der Waals surface area contributed by atoms with Crippen LogP contribution in [-0.2, 0) is 30.8 Å². The van der Waals surface area contributed by atoms with Crippen LogP contribution < -0.4 is 29.0 Å². The van der Waals surface area contributed by atoms with Gasteiger partial charge in [-0.2, -0.15) is 0 Å². The van der Waals surface area contributed by atoms with Gasteiger partial charge in [0.25, 0.3) is 0 Å². The molecule has 5 rings (SSSR count). The van der Waals surface area contributed by atoms with Crippen LogP contribution in [0.25, 0.3) is 22.4 Å². The number of hydrogen-bond donors (Lipinski definition) is 1. The molecule has 0 saturated carbocycles. The second-order valence-corrected chi connectivity index (χ2v) is 10.6. The van der Waals surface area contributed by atoms with Gasteiger partial charge >= 0.3 is 5.97 Å². The van der Waals surface area contributed by atoms with E-state index in [1.165, 1.54) is 0 Å². The summed E-state index contributed by atoms with van der Waals surface area (Å²) in [6.07, 6.45) is 0.745. The van der Waals surface area contributed by atoms with E-state index in [0.717, 1.165) is 45.6 Å². The second-order valence-electron chi connectivity index (χ2n) is 10.2. The van der Waals surface area contributed by atoms with Crippen LogP contribution in [0.2, 0.25) is 5.02 Å². The molecular formula is C36H43ClN2O7. The van der Waals surface area contributed by atoms with Crippen LogP contribution in [-0.4, -0.2) is 52.7 Å². The van der Waals surface area contributed by atoms with Gasteiger partial charge in [-0.1, -0.05) is 37.6 Å². The number of esters is 1. The number of carbonyl (C=O) groups is 1. The van der Waals surface area contributed by atoms with Gasteiger partial charge in [-0.3, -0.25) is 0 Å². The third-order valence-electron chi connectivity index (χ3n) is 7.78. The Kier molecular flexibility index (Phi) is 11.8. The number of nitrogens with zero attached hydrogens (tertiary/aromatic N) is 1. The van der Waals surface area contributed by atoms with Crippen molar-refractivity contribution >= 4 is 17.6 Å². The summed E-state index contributed by atoms with van der Waals surface area (Å²) < 4.78 is 35.7. The summed E-state index contributed by atoms with van der Waals surface area (Å²) in [7, 11) is 8.00. The first kappa shape index (κ1) is 34.5. The summed E-state index contributed by atoms with van der Waals surface area (Å²) >= 11 is 6.48. The zero-order valence-electron chi connectivity index (χ0n) is 27.8. The summed E-state index contributed by atoms with van der Waals surface area (Å²) in [4.78, 5) is 13.8. The van der Waals surface area contributed by atoms with Crippen molar-refractivity contribution in [2.24, 2.45) is 0 Å². The Bertz CT molecular complexity index is 1660. The van der Waals surface area contributed by atoms with Crippen LogP contribution in [0.15, 0.2) is 48.5 Å². The minimum atomic E-state index is -0.398. The lowest BCUT2D eigenvalue weighted by atomic mass is 9.93. The molecule has 0 bridgehead atoms. The van der Waals surface area contributed by atoms with E-state index in [4.69, 9.17) is 40.0 Å². The molecule has 1 aliphatic heterocycles. The third kappa shape index (κ3) is 6.76. The van der Waals surface area contributed by atoms with Crippen LogP contribution >= 0.6 is 11.6 Å². The lowest BCUT2D eigenvalue weighted by molar-refractivity contribution is 0.0528. The fraction of sp³-hybridized carbons (Fsp3) is 0.361. The molecule has 0 radical (unpaired) electrons. The maximum absolute atomic E-state index is 13.8. The predicted molar refractivity (Wildman–Crippen MR) is 181 cm³/mol. The molecule has 2 heterocycles. The van der Waals surface area contributed by atoms with Crippen LogP contribution in [0.3, 0.4) is 0 Å². The Labute approximate surface area is 276 Å². The van der Waals surface area contributed by atoms with Crippen LogP contribution in [0.4, 0.5) is 0 Å². The number of rotatable bonds is 12. The summed E-state index contributed by atoms with van der Waals surface area (Å²) in [5.41, 5.74) is 6.73. The van der Waals surface area contributed by atoms with Gasteiger partial charge in [0, 0.05) is 41.5 Å². The summed E-state index contributed by atoms with van der Waals surface area (Å²) in [6, 6.07) is 15.3. The average Bonchev–Trinajstić information content (AvgIpc) is 3.42. The first-order valence-corrected chi connectivity index (χ1v) is 15.7.